The molecule has 7 nitrogen and oxygen atoms in total. The molecule has 2 aromatic carbocycles. The first-order chi connectivity index (χ1) is 12.0. The third-order valence-corrected chi connectivity index (χ3v) is 3.83. The number of fused-ring (bicyclic) bond motifs is 1. The lowest BCUT2D eigenvalue weighted by Crippen LogP contribution is -1.96. The van der Waals surface area contributed by atoms with Crippen molar-refractivity contribution >= 4 is 57.5 Å². The molecule has 3 aromatic rings. The Kier molecular flexibility index (Phi) is 4.69. The largest absolute Gasteiger partial charge is 0.436 e. The molecule has 0 spiro atoms. The van der Waals surface area contributed by atoms with Crippen molar-refractivity contribution in [3.05, 3.63) is 68.6 Å². The van der Waals surface area contributed by atoms with E-state index in [0.29, 0.717) is 22.4 Å². The van der Waals surface area contributed by atoms with Gasteiger partial charge in [-0.3, -0.25) is 14.9 Å². The van der Waals surface area contributed by atoms with Crippen LogP contribution in [-0.4, -0.2) is 16.2 Å². The second kappa shape index (κ2) is 6.92. The maximum Gasteiger partial charge on any atom is 0.271 e. The lowest BCUT2D eigenvalue weighted by molar-refractivity contribution is -0.384. The van der Waals surface area contributed by atoms with Crippen LogP contribution in [0.25, 0.3) is 16.7 Å². The summed E-state index contributed by atoms with van der Waals surface area (Å²) in [6, 6.07) is 8.82. The van der Waals surface area contributed by atoms with Crippen LogP contribution in [0.1, 0.15) is 5.89 Å². The number of nitrogens with zero attached hydrogens (tertiary/aromatic N) is 2. The molecular formula is C16H9Cl2N3O4. The molecule has 0 aliphatic carbocycles. The fourth-order valence-corrected chi connectivity index (χ4v) is 2.40. The van der Waals surface area contributed by atoms with Crippen LogP contribution in [-0.2, 0) is 4.79 Å². The van der Waals surface area contributed by atoms with Crippen molar-refractivity contribution in [3.63, 3.8) is 0 Å². The average molecular weight is 378 g/mol. The topological polar surface area (TPSA) is 98.3 Å². The minimum Gasteiger partial charge on any atom is -0.436 e. The van der Waals surface area contributed by atoms with Gasteiger partial charge in [0.2, 0.25) is 5.89 Å². The summed E-state index contributed by atoms with van der Waals surface area (Å²) < 4.78 is 5.51. The van der Waals surface area contributed by atoms with Gasteiger partial charge in [0.1, 0.15) is 5.52 Å². The Balaban J connectivity index is 1.93. The molecule has 3 rings (SSSR count). The van der Waals surface area contributed by atoms with Gasteiger partial charge in [0, 0.05) is 23.4 Å². The third-order valence-electron chi connectivity index (χ3n) is 3.27. The van der Waals surface area contributed by atoms with Gasteiger partial charge in [-0.05, 0) is 24.3 Å². The van der Waals surface area contributed by atoms with Crippen molar-refractivity contribution in [3.8, 4) is 0 Å². The fraction of sp³-hybridized carbons (Fsp3) is 0. The van der Waals surface area contributed by atoms with Gasteiger partial charge in [-0.2, -0.15) is 0 Å². The number of benzene rings is 2. The quantitative estimate of drug-likeness (QED) is 0.299. The second-order valence-electron chi connectivity index (χ2n) is 4.91. The van der Waals surface area contributed by atoms with Gasteiger partial charge in [0.15, 0.2) is 11.9 Å². The van der Waals surface area contributed by atoms with Crippen LogP contribution in [0.4, 0.5) is 11.4 Å². The predicted octanol–water partition coefficient (Wildman–Crippen LogP) is 4.69. The average Bonchev–Trinajstić information content (AvgIpc) is 2.99. The number of nitrogens with one attached hydrogen (secondary N) is 1. The minimum atomic E-state index is -0.545. The maximum absolute atomic E-state index is 11.4. The number of hydrogen-bond donors (Lipinski definition) is 1. The van der Waals surface area contributed by atoms with Crippen molar-refractivity contribution in [2.75, 3.05) is 5.32 Å². The van der Waals surface area contributed by atoms with Gasteiger partial charge in [-0.25, -0.2) is 4.98 Å². The highest BCUT2D eigenvalue weighted by atomic mass is 35.5. The normalized spacial score (nSPS) is 11.5. The molecule has 1 N–H and O–H groups in total. The summed E-state index contributed by atoms with van der Waals surface area (Å²) in [7, 11) is 0. The molecule has 0 unspecified atom stereocenters. The second-order valence-corrected chi connectivity index (χ2v) is 5.76. The van der Waals surface area contributed by atoms with Gasteiger partial charge in [-0.15, -0.1) is 0 Å². The molecule has 126 valence electrons. The number of carbonyl (C=O) groups excluding carboxylic acids is 1. The number of nitro groups is 1. The van der Waals surface area contributed by atoms with E-state index in [0.717, 1.165) is 0 Å². The van der Waals surface area contributed by atoms with Crippen LogP contribution in [0.3, 0.4) is 0 Å². The number of carbonyl (C=O) groups is 1. The molecule has 25 heavy (non-hydrogen) atoms. The lowest BCUT2D eigenvalue weighted by atomic mass is 10.2. The van der Waals surface area contributed by atoms with Gasteiger partial charge < -0.3 is 9.73 Å². The monoisotopic (exact) mass is 377 g/mol. The molecule has 0 aliphatic rings. The molecule has 0 amide bonds. The molecule has 0 aliphatic heterocycles. The van der Waals surface area contributed by atoms with Crippen molar-refractivity contribution in [2.45, 2.75) is 0 Å². The number of non-ortho nitro benzene ring substituents is 1. The highest BCUT2D eigenvalue weighted by Gasteiger charge is 2.12. The van der Waals surface area contributed by atoms with Gasteiger partial charge in [0.25, 0.3) is 5.69 Å². The standard InChI is InChI=1S/C16H9Cl2N3O4/c17-10-1-4-15-14(5-10)20-16(25-15)9(8-22)7-19-13-6-11(21(23)24)2-3-12(13)18/h1-8,19H/b9-7+. The van der Waals surface area contributed by atoms with Crippen LogP contribution >= 0.6 is 23.2 Å². The van der Waals surface area contributed by atoms with Gasteiger partial charge in [-0.1, -0.05) is 23.2 Å². The first kappa shape index (κ1) is 16.9. The lowest BCUT2D eigenvalue weighted by Gasteiger charge is -2.04. The Morgan fingerprint density at radius 2 is 2.04 bits per heavy atom. The number of halogens is 2. The Labute approximate surface area is 151 Å². The highest BCUT2D eigenvalue weighted by molar-refractivity contribution is 6.33. The zero-order valence-corrected chi connectivity index (χ0v) is 13.9. The number of aromatic nitrogens is 1. The SMILES string of the molecule is O=C/C(=C\Nc1cc([N+](=O)[O-])ccc1Cl)c1nc2cc(Cl)ccc2o1. The van der Waals surface area contributed by atoms with Crippen LogP contribution in [0.2, 0.25) is 10.0 Å². The van der Waals surface area contributed by atoms with Crippen molar-refractivity contribution in [2.24, 2.45) is 0 Å². The van der Waals surface area contributed by atoms with E-state index in [2.05, 4.69) is 10.3 Å². The van der Waals surface area contributed by atoms with E-state index in [-0.39, 0.29) is 27.9 Å². The molecule has 9 heteroatoms. The molecule has 0 atom stereocenters. The number of allylic oxidation sites excluding steroid dienone is 1. The zero-order valence-electron chi connectivity index (χ0n) is 12.4. The molecule has 0 fully saturated rings. The zero-order chi connectivity index (χ0) is 18.0. The van der Waals surface area contributed by atoms with Gasteiger partial charge >= 0.3 is 0 Å². The number of nitro benzene ring substituents is 1. The summed E-state index contributed by atoms with van der Waals surface area (Å²) in [5, 5.41) is 14.3. The molecule has 1 heterocycles. The molecule has 0 saturated carbocycles. The number of anilines is 1. The van der Waals surface area contributed by atoms with Crippen LogP contribution < -0.4 is 5.32 Å². The van der Waals surface area contributed by atoms with E-state index in [1.54, 1.807) is 18.2 Å². The van der Waals surface area contributed by atoms with E-state index >= 15 is 0 Å². The van der Waals surface area contributed by atoms with E-state index in [4.69, 9.17) is 27.6 Å². The Bertz CT molecular complexity index is 1010. The predicted molar refractivity (Wildman–Crippen MR) is 94.8 cm³/mol. The van der Waals surface area contributed by atoms with Crippen molar-refractivity contribution in [1.82, 2.24) is 4.98 Å². The number of aldehydes is 1. The van der Waals surface area contributed by atoms with E-state index in [1.165, 1.54) is 24.4 Å². The van der Waals surface area contributed by atoms with E-state index in [1.807, 2.05) is 0 Å². The summed E-state index contributed by atoms with van der Waals surface area (Å²) >= 11 is 11.9. The van der Waals surface area contributed by atoms with E-state index < -0.39 is 4.92 Å². The maximum atomic E-state index is 11.4. The molecule has 0 radical (unpaired) electrons. The van der Waals surface area contributed by atoms with Crippen molar-refractivity contribution < 1.29 is 14.1 Å². The summed E-state index contributed by atoms with van der Waals surface area (Å²) in [4.78, 5) is 25.8. The van der Waals surface area contributed by atoms with Crippen LogP contribution in [0, 0.1) is 10.1 Å². The van der Waals surface area contributed by atoms with Crippen molar-refractivity contribution in [1.29, 1.82) is 0 Å². The number of oxazole rings is 1. The first-order valence-electron chi connectivity index (χ1n) is 6.90. The summed E-state index contributed by atoms with van der Waals surface area (Å²) in [5.74, 6) is 0.0846. The first-order valence-corrected chi connectivity index (χ1v) is 7.66. The van der Waals surface area contributed by atoms with Crippen LogP contribution in [0.15, 0.2) is 47.0 Å². The fourth-order valence-electron chi connectivity index (χ4n) is 2.06. The summed E-state index contributed by atoms with van der Waals surface area (Å²) in [6.45, 7) is 0. The van der Waals surface area contributed by atoms with Gasteiger partial charge in [0.05, 0.1) is 21.2 Å². The Hall–Kier alpha value is -2.90. The molecular weight excluding hydrogens is 369 g/mol. The molecule has 1 aromatic heterocycles. The highest BCUT2D eigenvalue weighted by Crippen LogP contribution is 2.28. The molecule has 0 saturated heterocycles. The Morgan fingerprint density at radius 3 is 2.76 bits per heavy atom. The minimum absolute atomic E-state index is 0.0846. The Morgan fingerprint density at radius 1 is 1.24 bits per heavy atom. The number of hydrogen-bond acceptors (Lipinski definition) is 6. The summed E-state index contributed by atoms with van der Waals surface area (Å²) in [6.07, 6.45) is 1.86. The smallest absolute Gasteiger partial charge is 0.271 e. The summed E-state index contributed by atoms with van der Waals surface area (Å²) in [5.41, 5.74) is 1.22. The molecule has 0 bridgehead atoms. The number of rotatable bonds is 5. The van der Waals surface area contributed by atoms with Crippen LogP contribution in [0.5, 0.6) is 0 Å². The van der Waals surface area contributed by atoms with E-state index in [9.17, 15) is 14.9 Å². The third kappa shape index (κ3) is 3.62.